The van der Waals surface area contributed by atoms with Gasteiger partial charge in [-0.2, -0.15) is 0 Å². The van der Waals surface area contributed by atoms with Crippen LogP contribution in [-0.4, -0.2) is 24.6 Å². The third-order valence-electron chi connectivity index (χ3n) is 4.78. The molecule has 4 nitrogen and oxygen atoms in total. The molecule has 0 radical (unpaired) electrons. The average Bonchev–Trinajstić information content (AvgIpc) is 2.65. The minimum absolute atomic E-state index is 0.0903. The second kappa shape index (κ2) is 2.19. The Morgan fingerprint density at radius 2 is 2.12 bits per heavy atom. The van der Waals surface area contributed by atoms with Gasteiger partial charge in [0.2, 0.25) is 0 Å². The van der Waals surface area contributed by atoms with E-state index in [4.69, 9.17) is 9.47 Å². The summed E-state index contributed by atoms with van der Waals surface area (Å²) in [5.41, 5.74) is -1.04. The molecular weight excluding hydrogens is 208 g/mol. The predicted octanol–water partition coefficient (Wildman–Crippen LogP) is 1.06. The van der Waals surface area contributed by atoms with Crippen LogP contribution in [-0.2, 0) is 19.1 Å². The number of ether oxygens (including phenoxy) is 2. The van der Waals surface area contributed by atoms with Crippen LogP contribution < -0.4 is 0 Å². The van der Waals surface area contributed by atoms with Gasteiger partial charge in [-0.1, -0.05) is 12.5 Å². The van der Waals surface area contributed by atoms with Crippen LogP contribution in [0.1, 0.15) is 20.8 Å². The van der Waals surface area contributed by atoms with Crippen molar-refractivity contribution >= 4 is 11.9 Å². The van der Waals surface area contributed by atoms with Crippen molar-refractivity contribution in [1.82, 2.24) is 0 Å². The van der Waals surface area contributed by atoms with Crippen LogP contribution in [0, 0.1) is 16.7 Å². The van der Waals surface area contributed by atoms with Gasteiger partial charge in [-0.05, 0) is 19.9 Å². The smallest absolute Gasteiger partial charge is 0.325 e. The van der Waals surface area contributed by atoms with Gasteiger partial charge in [-0.15, -0.1) is 0 Å². The molecule has 4 heteroatoms. The van der Waals surface area contributed by atoms with Gasteiger partial charge in [0, 0.05) is 11.3 Å². The highest BCUT2D eigenvalue weighted by molar-refractivity contribution is 6.10. The molecule has 3 aliphatic rings. The van der Waals surface area contributed by atoms with Gasteiger partial charge in [-0.25, -0.2) is 0 Å². The summed E-state index contributed by atoms with van der Waals surface area (Å²) in [5, 5.41) is 0. The van der Waals surface area contributed by atoms with Crippen LogP contribution in [0.3, 0.4) is 0 Å². The zero-order chi connectivity index (χ0) is 11.9. The zero-order valence-corrected chi connectivity index (χ0v) is 9.79. The fourth-order valence-electron chi connectivity index (χ4n) is 4.10. The first-order valence-corrected chi connectivity index (χ1v) is 5.37. The topological polar surface area (TPSA) is 52.6 Å². The van der Waals surface area contributed by atoms with E-state index in [1.165, 1.54) is 7.11 Å². The molecule has 0 aromatic rings. The van der Waals surface area contributed by atoms with Gasteiger partial charge in [0.15, 0.2) is 5.41 Å². The minimum atomic E-state index is -1.07. The van der Waals surface area contributed by atoms with Crippen molar-refractivity contribution in [3.63, 3.8) is 0 Å². The lowest BCUT2D eigenvalue weighted by Crippen LogP contribution is -2.32. The van der Waals surface area contributed by atoms with Gasteiger partial charge in [0.25, 0.3) is 0 Å². The number of methoxy groups -OCH3 is 1. The summed E-state index contributed by atoms with van der Waals surface area (Å²) >= 11 is 0. The monoisotopic (exact) mass is 222 g/mol. The Labute approximate surface area is 93.6 Å². The molecule has 16 heavy (non-hydrogen) atoms. The summed E-state index contributed by atoms with van der Waals surface area (Å²) in [6, 6.07) is 0. The number of hydrogen-bond donors (Lipinski definition) is 0. The molecule has 2 fully saturated rings. The number of carbonyl (C=O) groups is 2. The van der Waals surface area contributed by atoms with E-state index in [0.717, 1.165) is 5.57 Å². The number of carbonyl (C=O) groups excluding carboxylic acids is 2. The quantitative estimate of drug-likeness (QED) is 0.378. The van der Waals surface area contributed by atoms with E-state index in [1.807, 2.05) is 26.8 Å². The van der Waals surface area contributed by atoms with Crippen molar-refractivity contribution in [3.8, 4) is 0 Å². The first kappa shape index (κ1) is 9.87. The first-order valence-electron chi connectivity index (χ1n) is 5.37. The van der Waals surface area contributed by atoms with Crippen LogP contribution in [0.25, 0.3) is 0 Å². The summed E-state index contributed by atoms with van der Waals surface area (Å²) < 4.78 is 10.1. The van der Waals surface area contributed by atoms with Crippen LogP contribution in [0.2, 0.25) is 0 Å². The molecule has 0 aromatic carbocycles. The lowest BCUT2D eigenvalue weighted by Gasteiger charge is -2.20. The van der Waals surface area contributed by atoms with Crippen molar-refractivity contribution in [3.05, 3.63) is 11.6 Å². The maximum atomic E-state index is 12.0. The SMILES string of the molecule is COC(=O)C12C(=O)O[C@@]3(C)C=C(C)C1(C)[C@@H]23. The van der Waals surface area contributed by atoms with Crippen molar-refractivity contribution in [1.29, 1.82) is 0 Å². The second-order valence-electron chi connectivity index (χ2n) is 5.34. The molecule has 3 rings (SSSR count). The van der Waals surface area contributed by atoms with Gasteiger partial charge in [0.05, 0.1) is 7.11 Å². The predicted molar refractivity (Wildman–Crippen MR) is 54.3 cm³/mol. The highest BCUT2D eigenvalue weighted by atomic mass is 16.6. The number of rotatable bonds is 1. The van der Waals surface area contributed by atoms with Crippen molar-refractivity contribution in [2.75, 3.05) is 7.11 Å². The molecular formula is C12H14O4. The molecule has 4 atom stereocenters. The Morgan fingerprint density at radius 1 is 1.50 bits per heavy atom. The summed E-state index contributed by atoms with van der Waals surface area (Å²) in [5.74, 6) is -0.976. The van der Waals surface area contributed by atoms with Crippen LogP contribution in [0.4, 0.5) is 0 Å². The molecule has 0 N–H and O–H groups in total. The van der Waals surface area contributed by atoms with Crippen molar-refractivity contribution in [2.45, 2.75) is 26.4 Å². The molecule has 0 bridgehead atoms. The van der Waals surface area contributed by atoms with Gasteiger partial charge >= 0.3 is 11.9 Å². The largest absolute Gasteiger partial charge is 0.468 e. The van der Waals surface area contributed by atoms with E-state index in [-0.39, 0.29) is 5.92 Å². The molecule has 0 spiro atoms. The molecule has 1 saturated heterocycles. The van der Waals surface area contributed by atoms with E-state index in [2.05, 4.69) is 0 Å². The number of fused-ring (bicyclic) bond motifs is 1. The van der Waals surface area contributed by atoms with Crippen molar-refractivity contribution < 1.29 is 19.1 Å². The Bertz CT molecular complexity index is 466. The van der Waals surface area contributed by atoms with E-state index in [1.54, 1.807) is 0 Å². The van der Waals surface area contributed by atoms with E-state index in [0.29, 0.717) is 0 Å². The lowest BCUT2D eigenvalue weighted by molar-refractivity contribution is -0.163. The highest BCUT2D eigenvalue weighted by Crippen LogP contribution is 2.84. The Balaban J connectivity index is 2.21. The summed E-state index contributed by atoms with van der Waals surface area (Å²) in [6.45, 7) is 5.76. The maximum absolute atomic E-state index is 12.0. The summed E-state index contributed by atoms with van der Waals surface area (Å²) in [7, 11) is 1.32. The minimum Gasteiger partial charge on any atom is -0.468 e. The lowest BCUT2D eigenvalue weighted by atomic mass is 9.88. The number of esters is 2. The van der Waals surface area contributed by atoms with E-state index >= 15 is 0 Å². The highest BCUT2D eigenvalue weighted by Gasteiger charge is 2.94. The van der Waals surface area contributed by atoms with Gasteiger partial charge in [-0.3, -0.25) is 9.59 Å². The fraction of sp³-hybridized carbons (Fsp3) is 0.667. The maximum Gasteiger partial charge on any atom is 0.325 e. The number of allylic oxidation sites excluding steroid dienone is 1. The molecule has 1 saturated carbocycles. The second-order valence-corrected chi connectivity index (χ2v) is 5.34. The molecule has 1 heterocycles. The molecule has 2 unspecified atom stereocenters. The Morgan fingerprint density at radius 3 is 2.62 bits per heavy atom. The third-order valence-corrected chi connectivity index (χ3v) is 4.78. The molecule has 86 valence electrons. The zero-order valence-electron chi connectivity index (χ0n) is 9.79. The average molecular weight is 222 g/mol. The molecule has 1 aliphatic heterocycles. The Kier molecular flexibility index (Phi) is 1.35. The van der Waals surface area contributed by atoms with Crippen molar-refractivity contribution in [2.24, 2.45) is 16.7 Å². The molecule has 2 aliphatic carbocycles. The molecule has 0 amide bonds. The standard InChI is InChI=1S/C12H14O4/c1-6-5-10(2)7-11(6,3)12(7,8(13)15-4)9(14)16-10/h5,7H,1-4H3/t7-,10-,11?,12?/m0/s1. The van der Waals surface area contributed by atoms with E-state index in [9.17, 15) is 9.59 Å². The normalized spacial score (nSPS) is 51.9. The van der Waals surface area contributed by atoms with Gasteiger partial charge in [0.1, 0.15) is 5.60 Å². The fourth-order valence-corrected chi connectivity index (χ4v) is 4.10. The number of hydrogen-bond acceptors (Lipinski definition) is 4. The van der Waals surface area contributed by atoms with Crippen LogP contribution in [0.5, 0.6) is 0 Å². The molecule has 0 aromatic heterocycles. The van der Waals surface area contributed by atoms with Crippen LogP contribution in [0.15, 0.2) is 11.6 Å². The third kappa shape index (κ3) is 0.600. The van der Waals surface area contributed by atoms with Gasteiger partial charge < -0.3 is 9.47 Å². The first-order chi connectivity index (χ1) is 7.35. The van der Waals surface area contributed by atoms with Crippen LogP contribution >= 0.6 is 0 Å². The van der Waals surface area contributed by atoms with E-state index < -0.39 is 28.4 Å². The summed E-state index contributed by atoms with van der Waals surface area (Å²) in [4.78, 5) is 23.9. The Hall–Kier alpha value is -1.32. The summed E-state index contributed by atoms with van der Waals surface area (Å²) in [6.07, 6.45) is 1.96.